The number of likely N-dealkylation sites (tertiary alicyclic amines) is 1. The molecule has 2 heterocycles. The number of rotatable bonds is 11. The molecule has 1 amide bonds. The van der Waals surface area contributed by atoms with E-state index >= 15 is 0 Å². The molecule has 0 saturated carbocycles. The minimum Gasteiger partial charge on any atom is -0.507 e. The van der Waals surface area contributed by atoms with E-state index in [4.69, 9.17) is 18.9 Å². The number of methoxy groups -OCH3 is 2. The lowest BCUT2D eigenvalue weighted by Gasteiger charge is -2.29. The van der Waals surface area contributed by atoms with Gasteiger partial charge in [-0.15, -0.1) is 0 Å². The Hall–Kier alpha value is -3.56. The molecule has 2 aromatic carbocycles. The van der Waals surface area contributed by atoms with Crippen molar-refractivity contribution in [3.63, 3.8) is 0 Å². The summed E-state index contributed by atoms with van der Waals surface area (Å²) in [5, 5.41) is 11.5. The standard InChI is InChI=1S/C30H38N2O7/c1-5-15-39-22-8-9-23(20(2)18-22)28(33)26-27(21-7-10-24(36-3)25(19-21)37-4)32(30(35)29(26)34)12-6-11-31-13-16-38-17-14-31/h7-10,18-19,27,33H,5-6,11-17H2,1-4H3/b28-26+. The third-order valence-electron chi connectivity index (χ3n) is 7.17. The van der Waals surface area contributed by atoms with Crippen molar-refractivity contribution in [3.05, 3.63) is 58.7 Å². The highest BCUT2D eigenvalue weighted by Gasteiger charge is 2.46. The summed E-state index contributed by atoms with van der Waals surface area (Å²) in [6, 6.07) is 9.85. The van der Waals surface area contributed by atoms with Crippen LogP contribution in [0.5, 0.6) is 17.2 Å². The number of carbonyl (C=O) groups excluding carboxylic acids is 2. The maximum absolute atomic E-state index is 13.5. The van der Waals surface area contributed by atoms with Crippen molar-refractivity contribution in [2.75, 3.05) is 60.2 Å². The Bertz CT molecular complexity index is 1220. The molecule has 210 valence electrons. The molecule has 2 fully saturated rings. The molecule has 1 N–H and O–H groups in total. The average Bonchev–Trinajstić information content (AvgIpc) is 3.21. The van der Waals surface area contributed by atoms with E-state index in [-0.39, 0.29) is 11.3 Å². The number of aryl methyl sites for hydroxylation is 1. The first-order valence-corrected chi connectivity index (χ1v) is 13.4. The van der Waals surface area contributed by atoms with E-state index < -0.39 is 17.7 Å². The van der Waals surface area contributed by atoms with Crippen LogP contribution in [0.1, 0.15) is 42.5 Å². The summed E-state index contributed by atoms with van der Waals surface area (Å²) in [4.78, 5) is 30.7. The Labute approximate surface area is 229 Å². The Morgan fingerprint density at radius 3 is 2.44 bits per heavy atom. The monoisotopic (exact) mass is 538 g/mol. The molecule has 0 bridgehead atoms. The predicted molar refractivity (Wildman–Crippen MR) is 147 cm³/mol. The van der Waals surface area contributed by atoms with Crippen LogP contribution in [-0.2, 0) is 14.3 Å². The molecular formula is C30H38N2O7. The minimum atomic E-state index is -0.773. The fourth-order valence-corrected chi connectivity index (χ4v) is 5.13. The van der Waals surface area contributed by atoms with Crippen LogP contribution in [0.3, 0.4) is 0 Å². The average molecular weight is 539 g/mol. The van der Waals surface area contributed by atoms with E-state index in [1.807, 2.05) is 19.9 Å². The molecule has 0 aromatic heterocycles. The lowest BCUT2D eigenvalue weighted by Crippen LogP contribution is -2.39. The second kappa shape index (κ2) is 13.0. The fourth-order valence-electron chi connectivity index (χ4n) is 5.13. The Morgan fingerprint density at radius 1 is 1.03 bits per heavy atom. The third kappa shape index (κ3) is 6.20. The summed E-state index contributed by atoms with van der Waals surface area (Å²) in [7, 11) is 3.08. The van der Waals surface area contributed by atoms with Crippen LogP contribution in [-0.4, -0.2) is 86.8 Å². The number of hydrogen-bond donors (Lipinski definition) is 1. The summed E-state index contributed by atoms with van der Waals surface area (Å²) < 4.78 is 22.0. The van der Waals surface area contributed by atoms with Crippen LogP contribution in [0.25, 0.3) is 5.76 Å². The van der Waals surface area contributed by atoms with Crippen LogP contribution in [0, 0.1) is 6.92 Å². The van der Waals surface area contributed by atoms with Gasteiger partial charge in [-0.3, -0.25) is 14.5 Å². The number of ketones is 1. The van der Waals surface area contributed by atoms with Crippen LogP contribution in [0.15, 0.2) is 42.0 Å². The highest BCUT2D eigenvalue weighted by atomic mass is 16.5. The summed E-state index contributed by atoms with van der Waals surface area (Å²) in [5.74, 6) is 0.157. The van der Waals surface area contributed by atoms with E-state index in [1.54, 1.807) is 42.3 Å². The number of carbonyl (C=O) groups is 2. The highest BCUT2D eigenvalue weighted by molar-refractivity contribution is 6.46. The fraction of sp³-hybridized carbons (Fsp3) is 0.467. The highest BCUT2D eigenvalue weighted by Crippen LogP contribution is 2.42. The van der Waals surface area contributed by atoms with Crippen LogP contribution in [0.4, 0.5) is 0 Å². The van der Waals surface area contributed by atoms with Gasteiger partial charge in [0, 0.05) is 31.7 Å². The summed E-state index contributed by atoms with van der Waals surface area (Å²) in [6.45, 7) is 8.67. The van der Waals surface area contributed by atoms with E-state index in [2.05, 4.69) is 4.90 Å². The number of Topliss-reactive ketones (excluding diaryl/α,β-unsaturated/α-hetero) is 1. The molecule has 9 heteroatoms. The van der Waals surface area contributed by atoms with Gasteiger partial charge in [0.25, 0.3) is 11.7 Å². The molecule has 0 aliphatic carbocycles. The molecule has 1 unspecified atom stereocenters. The second-order valence-electron chi connectivity index (χ2n) is 9.74. The number of aliphatic hydroxyl groups is 1. The van der Waals surface area contributed by atoms with Gasteiger partial charge in [0.05, 0.1) is 45.7 Å². The van der Waals surface area contributed by atoms with Gasteiger partial charge in [0.1, 0.15) is 11.5 Å². The lowest BCUT2D eigenvalue weighted by molar-refractivity contribution is -0.140. The number of nitrogens with zero attached hydrogens (tertiary/aromatic N) is 2. The van der Waals surface area contributed by atoms with Crippen molar-refractivity contribution >= 4 is 17.4 Å². The van der Waals surface area contributed by atoms with Gasteiger partial charge in [-0.2, -0.15) is 0 Å². The zero-order valence-electron chi connectivity index (χ0n) is 23.2. The zero-order chi connectivity index (χ0) is 27.9. The molecule has 4 rings (SSSR count). The van der Waals surface area contributed by atoms with Crippen molar-refractivity contribution in [1.82, 2.24) is 9.80 Å². The number of hydrogen-bond acceptors (Lipinski definition) is 8. The number of amides is 1. The molecule has 2 aliphatic heterocycles. The maximum atomic E-state index is 13.5. The molecule has 2 aromatic rings. The molecule has 0 spiro atoms. The van der Waals surface area contributed by atoms with Crippen molar-refractivity contribution in [1.29, 1.82) is 0 Å². The number of ether oxygens (including phenoxy) is 4. The van der Waals surface area contributed by atoms with E-state index in [0.717, 1.165) is 31.6 Å². The van der Waals surface area contributed by atoms with Crippen LogP contribution < -0.4 is 14.2 Å². The maximum Gasteiger partial charge on any atom is 0.295 e. The summed E-state index contributed by atoms with van der Waals surface area (Å²) >= 11 is 0. The van der Waals surface area contributed by atoms with Gasteiger partial charge >= 0.3 is 0 Å². The van der Waals surface area contributed by atoms with Crippen molar-refractivity contribution < 1.29 is 33.6 Å². The quantitative estimate of drug-likeness (QED) is 0.261. The number of aliphatic hydroxyl groups excluding tert-OH is 1. The normalized spacial score (nSPS) is 19.4. The first-order chi connectivity index (χ1) is 18.9. The second-order valence-corrected chi connectivity index (χ2v) is 9.74. The number of benzene rings is 2. The smallest absolute Gasteiger partial charge is 0.295 e. The zero-order valence-corrected chi connectivity index (χ0v) is 23.2. The van der Waals surface area contributed by atoms with E-state index in [1.165, 1.54) is 7.11 Å². The molecule has 2 aliphatic rings. The van der Waals surface area contributed by atoms with Crippen molar-refractivity contribution in [3.8, 4) is 17.2 Å². The minimum absolute atomic E-state index is 0.0592. The van der Waals surface area contributed by atoms with Crippen LogP contribution >= 0.6 is 0 Å². The van der Waals surface area contributed by atoms with E-state index in [0.29, 0.717) is 61.2 Å². The van der Waals surface area contributed by atoms with Gasteiger partial charge < -0.3 is 29.0 Å². The third-order valence-corrected chi connectivity index (χ3v) is 7.17. The summed E-state index contributed by atoms with van der Waals surface area (Å²) in [5.41, 5.74) is 1.94. The van der Waals surface area contributed by atoms with Gasteiger partial charge in [-0.1, -0.05) is 13.0 Å². The van der Waals surface area contributed by atoms with Crippen molar-refractivity contribution in [2.45, 2.75) is 32.7 Å². The van der Waals surface area contributed by atoms with Gasteiger partial charge in [0.15, 0.2) is 11.5 Å². The predicted octanol–water partition coefficient (Wildman–Crippen LogP) is 3.95. The lowest BCUT2D eigenvalue weighted by atomic mass is 9.93. The summed E-state index contributed by atoms with van der Waals surface area (Å²) in [6.07, 6.45) is 1.56. The van der Waals surface area contributed by atoms with Gasteiger partial charge in [-0.05, 0) is 61.2 Å². The topological polar surface area (TPSA) is 97.8 Å². The number of morpholine rings is 1. The largest absolute Gasteiger partial charge is 0.507 e. The van der Waals surface area contributed by atoms with E-state index in [9.17, 15) is 14.7 Å². The molecule has 2 saturated heterocycles. The first kappa shape index (κ1) is 28.4. The SMILES string of the molecule is CCCOc1ccc(/C(O)=C2\C(=O)C(=O)N(CCCN3CCOCC3)C2c2ccc(OC)c(OC)c2)c(C)c1. The Balaban J connectivity index is 1.72. The van der Waals surface area contributed by atoms with Gasteiger partial charge in [-0.25, -0.2) is 0 Å². The van der Waals surface area contributed by atoms with Crippen LogP contribution in [0.2, 0.25) is 0 Å². The Kier molecular flexibility index (Phi) is 9.48. The Morgan fingerprint density at radius 2 is 1.77 bits per heavy atom. The van der Waals surface area contributed by atoms with Gasteiger partial charge in [0.2, 0.25) is 0 Å². The molecule has 0 radical (unpaired) electrons. The molecule has 39 heavy (non-hydrogen) atoms. The van der Waals surface area contributed by atoms with Crippen molar-refractivity contribution in [2.24, 2.45) is 0 Å². The first-order valence-electron chi connectivity index (χ1n) is 13.4. The molecule has 1 atom stereocenters. The molecule has 9 nitrogen and oxygen atoms in total. The molecular weight excluding hydrogens is 500 g/mol.